The molecule has 1 unspecified atom stereocenters. The van der Waals surface area contributed by atoms with Gasteiger partial charge in [0.1, 0.15) is 0 Å². The zero-order valence-electron chi connectivity index (χ0n) is 12.2. The number of nitrogens with two attached hydrogens (primary N) is 2. The molecule has 4 N–H and O–H groups in total. The molecule has 110 valence electrons. The molecule has 0 spiro atoms. The van der Waals surface area contributed by atoms with E-state index in [1.807, 2.05) is 18.2 Å². The lowest BCUT2D eigenvalue weighted by Gasteiger charge is -2.12. The first kappa shape index (κ1) is 15.3. The minimum atomic E-state index is -0.240. The fourth-order valence-corrected chi connectivity index (χ4v) is 2.38. The molecule has 2 aromatic rings. The second-order valence-electron chi connectivity index (χ2n) is 5.31. The van der Waals surface area contributed by atoms with Gasteiger partial charge in [-0.3, -0.25) is 4.79 Å². The number of hydrogen-bond donors (Lipinski definition) is 2. The van der Waals surface area contributed by atoms with Gasteiger partial charge in [-0.25, -0.2) is 0 Å². The van der Waals surface area contributed by atoms with Crippen molar-refractivity contribution in [2.75, 3.05) is 0 Å². The van der Waals surface area contributed by atoms with E-state index < -0.39 is 0 Å². The summed E-state index contributed by atoms with van der Waals surface area (Å²) in [5, 5.41) is 0. The van der Waals surface area contributed by atoms with Crippen molar-refractivity contribution in [1.29, 1.82) is 0 Å². The van der Waals surface area contributed by atoms with Crippen LogP contribution in [0.5, 0.6) is 0 Å². The molecule has 1 amide bonds. The Hall–Kier alpha value is -2.13. The first-order valence-electron chi connectivity index (χ1n) is 7.36. The Morgan fingerprint density at radius 3 is 2.14 bits per heavy atom. The molecule has 1 atom stereocenters. The molecule has 0 aliphatic heterocycles. The number of benzene rings is 2. The van der Waals surface area contributed by atoms with Crippen LogP contribution in [-0.4, -0.2) is 5.91 Å². The van der Waals surface area contributed by atoms with E-state index in [1.54, 1.807) is 0 Å². The number of carbonyl (C=O) groups is 1. The monoisotopic (exact) mass is 282 g/mol. The number of unbranched alkanes of at least 4 members (excludes halogenated alkanes) is 1. The Morgan fingerprint density at radius 1 is 0.905 bits per heavy atom. The maximum absolute atomic E-state index is 10.7. The van der Waals surface area contributed by atoms with Crippen LogP contribution in [0.4, 0.5) is 0 Å². The first-order valence-corrected chi connectivity index (χ1v) is 7.36. The second kappa shape index (κ2) is 7.60. The Morgan fingerprint density at radius 2 is 1.52 bits per heavy atom. The molecule has 0 fully saturated rings. The van der Waals surface area contributed by atoms with E-state index in [-0.39, 0.29) is 11.9 Å². The van der Waals surface area contributed by atoms with Gasteiger partial charge in [-0.15, -0.1) is 0 Å². The molecule has 0 saturated heterocycles. The molecule has 0 radical (unpaired) electrons. The quantitative estimate of drug-likeness (QED) is 0.764. The molecular weight excluding hydrogens is 260 g/mol. The van der Waals surface area contributed by atoms with Crippen molar-refractivity contribution in [3.05, 3.63) is 60.2 Å². The molecule has 21 heavy (non-hydrogen) atoms. The summed E-state index contributed by atoms with van der Waals surface area (Å²) in [5.41, 5.74) is 14.8. The fourth-order valence-electron chi connectivity index (χ4n) is 2.38. The van der Waals surface area contributed by atoms with Crippen LogP contribution in [0.2, 0.25) is 0 Å². The average Bonchev–Trinajstić information content (AvgIpc) is 2.52. The van der Waals surface area contributed by atoms with Crippen molar-refractivity contribution in [2.45, 2.75) is 31.7 Å². The van der Waals surface area contributed by atoms with Crippen LogP contribution in [0.1, 0.15) is 37.3 Å². The highest BCUT2D eigenvalue weighted by Crippen LogP contribution is 2.23. The summed E-state index contributed by atoms with van der Waals surface area (Å²) < 4.78 is 0. The molecule has 3 heteroatoms. The number of amides is 1. The highest BCUT2D eigenvalue weighted by atomic mass is 16.1. The van der Waals surface area contributed by atoms with E-state index in [0.29, 0.717) is 6.42 Å². The third kappa shape index (κ3) is 4.72. The Balaban J connectivity index is 1.91. The van der Waals surface area contributed by atoms with E-state index >= 15 is 0 Å². The SMILES string of the molecule is NC(=O)CCCCC(N)c1ccc(-c2ccccc2)cc1. The number of rotatable bonds is 7. The summed E-state index contributed by atoms with van der Waals surface area (Å²) in [5.74, 6) is -0.240. The molecule has 2 aromatic carbocycles. The van der Waals surface area contributed by atoms with Gasteiger partial charge >= 0.3 is 0 Å². The topological polar surface area (TPSA) is 69.1 Å². The van der Waals surface area contributed by atoms with Crippen molar-refractivity contribution < 1.29 is 4.79 Å². The standard InChI is InChI=1S/C18H22N2O/c19-17(8-4-5-9-18(20)21)16-12-10-15(11-13-16)14-6-2-1-3-7-14/h1-3,6-7,10-13,17H,4-5,8-9,19H2,(H2,20,21). The van der Waals surface area contributed by atoms with Crippen molar-refractivity contribution in [3.8, 4) is 11.1 Å². The minimum Gasteiger partial charge on any atom is -0.370 e. The van der Waals surface area contributed by atoms with Crippen molar-refractivity contribution >= 4 is 5.91 Å². The van der Waals surface area contributed by atoms with E-state index in [9.17, 15) is 4.79 Å². The van der Waals surface area contributed by atoms with Gasteiger partial charge in [0, 0.05) is 12.5 Å². The average molecular weight is 282 g/mol. The fraction of sp³-hybridized carbons (Fsp3) is 0.278. The molecule has 0 bridgehead atoms. The van der Waals surface area contributed by atoms with Crippen LogP contribution in [0.15, 0.2) is 54.6 Å². The van der Waals surface area contributed by atoms with Gasteiger partial charge < -0.3 is 11.5 Å². The molecule has 0 heterocycles. The zero-order valence-corrected chi connectivity index (χ0v) is 12.2. The molecule has 0 aliphatic rings. The van der Waals surface area contributed by atoms with E-state index in [0.717, 1.165) is 24.8 Å². The summed E-state index contributed by atoms with van der Waals surface area (Å²) >= 11 is 0. The normalized spacial score (nSPS) is 12.0. The second-order valence-corrected chi connectivity index (χ2v) is 5.31. The van der Waals surface area contributed by atoms with Crippen molar-refractivity contribution in [3.63, 3.8) is 0 Å². The number of carbonyl (C=O) groups excluding carboxylic acids is 1. The molecule has 0 aliphatic carbocycles. The minimum absolute atomic E-state index is 0.0164. The van der Waals surface area contributed by atoms with E-state index in [4.69, 9.17) is 11.5 Å². The number of primary amides is 1. The smallest absolute Gasteiger partial charge is 0.217 e. The Kier molecular flexibility index (Phi) is 5.52. The summed E-state index contributed by atoms with van der Waals surface area (Å²) in [6.45, 7) is 0. The summed E-state index contributed by atoms with van der Waals surface area (Å²) in [4.78, 5) is 10.7. The van der Waals surface area contributed by atoms with Gasteiger partial charge in [-0.1, -0.05) is 61.0 Å². The van der Waals surface area contributed by atoms with Gasteiger partial charge in [-0.05, 0) is 29.5 Å². The molecular formula is C18H22N2O. The van der Waals surface area contributed by atoms with E-state index in [1.165, 1.54) is 11.1 Å². The van der Waals surface area contributed by atoms with Crippen LogP contribution in [0.3, 0.4) is 0 Å². The third-order valence-electron chi connectivity index (χ3n) is 3.63. The van der Waals surface area contributed by atoms with Gasteiger partial charge in [0.25, 0.3) is 0 Å². The highest BCUT2D eigenvalue weighted by molar-refractivity contribution is 5.73. The summed E-state index contributed by atoms with van der Waals surface area (Å²) in [6, 6.07) is 18.7. The Labute approximate surface area is 126 Å². The van der Waals surface area contributed by atoms with Gasteiger partial charge in [-0.2, -0.15) is 0 Å². The van der Waals surface area contributed by atoms with Gasteiger partial charge in [0.2, 0.25) is 5.91 Å². The van der Waals surface area contributed by atoms with Crippen molar-refractivity contribution in [1.82, 2.24) is 0 Å². The van der Waals surface area contributed by atoms with Crippen LogP contribution >= 0.6 is 0 Å². The lowest BCUT2D eigenvalue weighted by molar-refractivity contribution is -0.118. The highest BCUT2D eigenvalue weighted by Gasteiger charge is 2.06. The van der Waals surface area contributed by atoms with Gasteiger partial charge in [0.15, 0.2) is 0 Å². The molecule has 3 nitrogen and oxygen atoms in total. The maximum atomic E-state index is 10.7. The first-order chi connectivity index (χ1) is 10.2. The zero-order chi connectivity index (χ0) is 15.1. The molecule has 0 saturated carbocycles. The Bertz CT molecular complexity index is 564. The molecule has 0 aromatic heterocycles. The van der Waals surface area contributed by atoms with E-state index in [2.05, 4.69) is 36.4 Å². The largest absolute Gasteiger partial charge is 0.370 e. The maximum Gasteiger partial charge on any atom is 0.217 e. The predicted molar refractivity (Wildman–Crippen MR) is 86.5 cm³/mol. The van der Waals surface area contributed by atoms with Crippen LogP contribution in [0.25, 0.3) is 11.1 Å². The van der Waals surface area contributed by atoms with Crippen LogP contribution in [0, 0.1) is 0 Å². The lowest BCUT2D eigenvalue weighted by atomic mass is 9.98. The van der Waals surface area contributed by atoms with Crippen LogP contribution < -0.4 is 11.5 Å². The number of hydrogen-bond acceptors (Lipinski definition) is 2. The summed E-state index contributed by atoms with van der Waals surface area (Å²) in [7, 11) is 0. The third-order valence-corrected chi connectivity index (χ3v) is 3.63. The summed E-state index contributed by atoms with van der Waals surface area (Å²) in [6.07, 6.45) is 3.05. The van der Waals surface area contributed by atoms with Gasteiger partial charge in [0.05, 0.1) is 0 Å². The van der Waals surface area contributed by atoms with Crippen LogP contribution in [-0.2, 0) is 4.79 Å². The predicted octanol–water partition coefficient (Wildman–Crippen LogP) is 3.40. The van der Waals surface area contributed by atoms with Crippen molar-refractivity contribution in [2.24, 2.45) is 11.5 Å². The molecule has 2 rings (SSSR count). The lowest BCUT2D eigenvalue weighted by Crippen LogP contribution is -2.12.